The van der Waals surface area contributed by atoms with E-state index in [0.717, 1.165) is 30.5 Å². The van der Waals surface area contributed by atoms with Crippen molar-refractivity contribution in [1.29, 1.82) is 0 Å². The van der Waals surface area contributed by atoms with E-state index < -0.39 is 0 Å². The fraction of sp³-hybridized carbons (Fsp3) is 0.316. The van der Waals surface area contributed by atoms with E-state index in [1.807, 2.05) is 30.3 Å². The van der Waals surface area contributed by atoms with E-state index in [-0.39, 0.29) is 23.8 Å². The minimum Gasteiger partial charge on any atom is -0.345 e. The Labute approximate surface area is 135 Å². The van der Waals surface area contributed by atoms with E-state index in [0.29, 0.717) is 6.42 Å². The SMILES string of the molecule is O=C(CC1CCCN1)NC(c1ccccc1)c1ccc(F)cc1. The highest BCUT2D eigenvalue weighted by molar-refractivity contribution is 5.77. The number of hydrogen-bond acceptors (Lipinski definition) is 2. The highest BCUT2D eigenvalue weighted by Gasteiger charge is 2.21. The second-order valence-corrected chi connectivity index (χ2v) is 5.96. The number of carbonyl (C=O) groups is 1. The van der Waals surface area contributed by atoms with Gasteiger partial charge in [-0.15, -0.1) is 0 Å². The summed E-state index contributed by atoms with van der Waals surface area (Å²) in [6.07, 6.45) is 2.64. The van der Waals surface area contributed by atoms with Gasteiger partial charge in [-0.05, 0) is 42.6 Å². The van der Waals surface area contributed by atoms with Crippen LogP contribution >= 0.6 is 0 Å². The molecular formula is C19H21FN2O. The Hall–Kier alpha value is -2.20. The second-order valence-electron chi connectivity index (χ2n) is 5.96. The molecule has 4 heteroatoms. The minimum atomic E-state index is -0.276. The van der Waals surface area contributed by atoms with E-state index >= 15 is 0 Å². The van der Waals surface area contributed by atoms with Gasteiger partial charge in [-0.2, -0.15) is 0 Å². The molecule has 0 bridgehead atoms. The molecule has 2 aromatic carbocycles. The van der Waals surface area contributed by atoms with E-state index in [1.54, 1.807) is 12.1 Å². The first-order valence-corrected chi connectivity index (χ1v) is 8.05. The zero-order chi connectivity index (χ0) is 16.1. The largest absolute Gasteiger partial charge is 0.345 e. The summed E-state index contributed by atoms with van der Waals surface area (Å²) >= 11 is 0. The number of nitrogens with one attached hydrogen (secondary N) is 2. The summed E-state index contributed by atoms with van der Waals surface area (Å²) in [6, 6.07) is 16.1. The molecule has 0 radical (unpaired) electrons. The molecule has 1 fully saturated rings. The van der Waals surface area contributed by atoms with Crippen LogP contribution in [0.1, 0.15) is 36.4 Å². The zero-order valence-electron chi connectivity index (χ0n) is 13.0. The quantitative estimate of drug-likeness (QED) is 0.890. The van der Waals surface area contributed by atoms with Gasteiger partial charge in [0.15, 0.2) is 0 Å². The maximum absolute atomic E-state index is 13.2. The standard InChI is InChI=1S/C19H21FN2O/c20-16-10-8-15(9-11-16)19(14-5-2-1-3-6-14)22-18(23)13-17-7-4-12-21-17/h1-3,5-6,8-11,17,19,21H,4,7,12-13H2,(H,22,23). The van der Waals surface area contributed by atoms with Gasteiger partial charge >= 0.3 is 0 Å². The van der Waals surface area contributed by atoms with Crippen LogP contribution in [0.2, 0.25) is 0 Å². The molecule has 2 N–H and O–H groups in total. The summed E-state index contributed by atoms with van der Waals surface area (Å²) in [4.78, 5) is 12.4. The van der Waals surface area contributed by atoms with Crippen molar-refractivity contribution in [3.05, 3.63) is 71.5 Å². The normalized spacial score (nSPS) is 18.6. The number of rotatable bonds is 5. The van der Waals surface area contributed by atoms with Crippen LogP contribution in [0.4, 0.5) is 4.39 Å². The van der Waals surface area contributed by atoms with Crippen LogP contribution in [0, 0.1) is 5.82 Å². The van der Waals surface area contributed by atoms with E-state index in [4.69, 9.17) is 0 Å². The van der Waals surface area contributed by atoms with Crippen molar-refractivity contribution in [2.75, 3.05) is 6.54 Å². The summed E-state index contributed by atoms with van der Waals surface area (Å²) in [6.45, 7) is 0.984. The zero-order valence-corrected chi connectivity index (χ0v) is 13.0. The Morgan fingerprint density at radius 2 is 1.83 bits per heavy atom. The van der Waals surface area contributed by atoms with Crippen LogP contribution in [0.15, 0.2) is 54.6 Å². The summed E-state index contributed by atoms with van der Waals surface area (Å²) < 4.78 is 13.2. The Morgan fingerprint density at radius 3 is 2.48 bits per heavy atom. The molecule has 2 unspecified atom stereocenters. The van der Waals surface area contributed by atoms with Crippen LogP contribution in [-0.4, -0.2) is 18.5 Å². The molecular weight excluding hydrogens is 291 g/mol. The van der Waals surface area contributed by atoms with Crippen molar-refractivity contribution in [3.8, 4) is 0 Å². The van der Waals surface area contributed by atoms with Gasteiger partial charge in [0.05, 0.1) is 6.04 Å². The first-order chi connectivity index (χ1) is 11.2. The van der Waals surface area contributed by atoms with Gasteiger partial charge in [-0.1, -0.05) is 42.5 Å². The van der Waals surface area contributed by atoms with Crippen molar-refractivity contribution < 1.29 is 9.18 Å². The average molecular weight is 312 g/mol. The van der Waals surface area contributed by atoms with Crippen LogP contribution in [0.25, 0.3) is 0 Å². The summed E-state index contributed by atoms with van der Waals surface area (Å²) in [5.74, 6) is -0.260. The van der Waals surface area contributed by atoms with Crippen LogP contribution in [0.5, 0.6) is 0 Å². The highest BCUT2D eigenvalue weighted by Crippen LogP contribution is 2.23. The molecule has 3 nitrogen and oxygen atoms in total. The van der Waals surface area contributed by atoms with Crippen molar-refractivity contribution in [1.82, 2.24) is 10.6 Å². The molecule has 1 saturated heterocycles. The average Bonchev–Trinajstić information content (AvgIpc) is 3.07. The van der Waals surface area contributed by atoms with E-state index in [9.17, 15) is 9.18 Å². The molecule has 2 atom stereocenters. The molecule has 2 aromatic rings. The number of benzene rings is 2. The maximum atomic E-state index is 13.2. The third kappa shape index (κ3) is 4.17. The molecule has 120 valence electrons. The van der Waals surface area contributed by atoms with E-state index in [1.165, 1.54) is 12.1 Å². The molecule has 1 aliphatic heterocycles. The van der Waals surface area contributed by atoms with Gasteiger partial charge in [0.25, 0.3) is 0 Å². The lowest BCUT2D eigenvalue weighted by molar-refractivity contribution is -0.122. The third-order valence-corrected chi connectivity index (χ3v) is 4.24. The molecule has 0 aliphatic carbocycles. The Bertz CT molecular complexity index is 636. The van der Waals surface area contributed by atoms with E-state index in [2.05, 4.69) is 10.6 Å². The van der Waals surface area contributed by atoms with Gasteiger partial charge in [-0.3, -0.25) is 4.79 Å². The van der Waals surface area contributed by atoms with Gasteiger partial charge in [-0.25, -0.2) is 4.39 Å². The lowest BCUT2D eigenvalue weighted by Gasteiger charge is -2.21. The fourth-order valence-electron chi connectivity index (χ4n) is 3.03. The van der Waals surface area contributed by atoms with Crippen molar-refractivity contribution in [3.63, 3.8) is 0 Å². The molecule has 0 aromatic heterocycles. The number of halogens is 1. The third-order valence-electron chi connectivity index (χ3n) is 4.24. The molecule has 23 heavy (non-hydrogen) atoms. The van der Waals surface area contributed by atoms with Crippen LogP contribution in [0.3, 0.4) is 0 Å². The summed E-state index contributed by atoms with van der Waals surface area (Å²) in [5, 5.41) is 6.43. The molecule has 0 spiro atoms. The van der Waals surface area contributed by atoms with Crippen molar-refractivity contribution in [2.45, 2.75) is 31.3 Å². The van der Waals surface area contributed by atoms with Crippen molar-refractivity contribution in [2.24, 2.45) is 0 Å². The second kappa shape index (κ2) is 7.38. The predicted octanol–water partition coefficient (Wildman–Crippen LogP) is 3.17. The molecule has 3 rings (SSSR count). The molecule has 1 heterocycles. The topological polar surface area (TPSA) is 41.1 Å². The molecule has 1 amide bonds. The number of amides is 1. The number of hydrogen-bond donors (Lipinski definition) is 2. The van der Waals surface area contributed by atoms with Crippen LogP contribution in [-0.2, 0) is 4.79 Å². The first-order valence-electron chi connectivity index (χ1n) is 8.05. The van der Waals surface area contributed by atoms with Gasteiger partial charge in [0.1, 0.15) is 5.82 Å². The Kier molecular flexibility index (Phi) is 5.03. The maximum Gasteiger partial charge on any atom is 0.222 e. The summed E-state index contributed by atoms with van der Waals surface area (Å²) in [7, 11) is 0. The molecule has 1 aliphatic rings. The predicted molar refractivity (Wildman–Crippen MR) is 88.5 cm³/mol. The minimum absolute atomic E-state index is 0.0163. The van der Waals surface area contributed by atoms with Gasteiger partial charge < -0.3 is 10.6 Å². The van der Waals surface area contributed by atoms with Crippen molar-refractivity contribution >= 4 is 5.91 Å². The Balaban J connectivity index is 1.77. The first kappa shape index (κ1) is 15.7. The lowest BCUT2D eigenvalue weighted by Crippen LogP contribution is -2.34. The van der Waals surface area contributed by atoms with Crippen LogP contribution < -0.4 is 10.6 Å². The van der Waals surface area contributed by atoms with Gasteiger partial charge in [0, 0.05) is 12.5 Å². The molecule has 0 saturated carbocycles. The lowest BCUT2D eigenvalue weighted by atomic mass is 9.98. The monoisotopic (exact) mass is 312 g/mol. The summed E-state index contributed by atoms with van der Waals surface area (Å²) in [5.41, 5.74) is 1.87. The highest BCUT2D eigenvalue weighted by atomic mass is 19.1. The van der Waals surface area contributed by atoms with Gasteiger partial charge in [0.2, 0.25) is 5.91 Å². The fourth-order valence-corrected chi connectivity index (χ4v) is 3.03. The number of carbonyl (C=O) groups excluding carboxylic acids is 1. The Morgan fingerprint density at radius 1 is 1.13 bits per heavy atom. The smallest absolute Gasteiger partial charge is 0.222 e.